The van der Waals surface area contributed by atoms with Gasteiger partial charge in [0, 0.05) is 7.11 Å². The van der Waals surface area contributed by atoms with Crippen LogP contribution in [0.25, 0.3) is 4.96 Å². The summed E-state index contributed by atoms with van der Waals surface area (Å²) in [6.07, 6.45) is -0.139. The number of hydrogen-bond acceptors (Lipinski definition) is 6. The molecule has 20 heavy (non-hydrogen) atoms. The third-order valence-corrected chi connectivity index (χ3v) is 3.81. The predicted molar refractivity (Wildman–Crippen MR) is 74.9 cm³/mol. The SMILES string of the molecule is COCc1nnc2sc([C@H](C)Oc3ccccc3)nn12. The maximum atomic E-state index is 5.85. The molecule has 0 saturated carbocycles. The third kappa shape index (κ3) is 2.50. The highest BCUT2D eigenvalue weighted by Crippen LogP contribution is 2.25. The average molecular weight is 290 g/mol. The normalized spacial score (nSPS) is 12.7. The molecule has 2 heterocycles. The Morgan fingerprint density at radius 2 is 2.05 bits per heavy atom. The lowest BCUT2D eigenvalue weighted by Gasteiger charge is -2.11. The first-order valence-electron chi connectivity index (χ1n) is 6.19. The lowest BCUT2D eigenvalue weighted by atomic mass is 10.3. The van der Waals surface area contributed by atoms with Gasteiger partial charge < -0.3 is 9.47 Å². The molecule has 1 atom stereocenters. The van der Waals surface area contributed by atoms with E-state index in [9.17, 15) is 0 Å². The fourth-order valence-corrected chi connectivity index (χ4v) is 2.65. The molecular formula is C13H14N4O2S. The number of nitrogens with zero attached hydrogens (tertiary/aromatic N) is 4. The number of methoxy groups -OCH3 is 1. The number of benzene rings is 1. The van der Waals surface area contributed by atoms with Gasteiger partial charge in [-0.25, -0.2) is 0 Å². The van der Waals surface area contributed by atoms with E-state index in [0.29, 0.717) is 12.4 Å². The van der Waals surface area contributed by atoms with Crippen molar-refractivity contribution in [2.75, 3.05) is 7.11 Å². The quantitative estimate of drug-likeness (QED) is 0.722. The van der Waals surface area contributed by atoms with Crippen molar-refractivity contribution >= 4 is 16.3 Å². The molecule has 3 rings (SSSR count). The first kappa shape index (κ1) is 13.0. The summed E-state index contributed by atoms with van der Waals surface area (Å²) in [5.74, 6) is 1.51. The predicted octanol–water partition coefficient (Wildman–Crippen LogP) is 2.47. The van der Waals surface area contributed by atoms with Crippen LogP contribution in [0.5, 0.6) is 5.75 Å². The fourth-order valence-electron chi connectivity index (χ4n) is 1.81. The van der Waals surface area contributed by atoms with Crippen molar-refractivity contribution in [2.24, 2.45) is 0 Å². The zero-order chi connectivity index (χ0) is 13.9. The Balaban J connectivity index is 1.83. The molecule has 0 aliphatic heterocycles. The summed E-state index contributed by atoms with van der Waals surface area (Å²) in [5.41, 5.74) is 0. The van der Waals surface area contributed by atoms with Gasteiger partial charge in [0.15, 0.2) is 10.8 Å². The minimum absolute atomic E-state index is 0.139. The van der Waals surface area contributed by atoms with Crippen molar-refractivity contribution in [3.8, 4) is 5.75 Å². The number of fused-ring (bicyclic) bond motifs is 1. The number of hydrogen-bond donors (Lipinski definition) is 0. The summed E-state index contributed by atoms with van der Waals surface area (Å²) in [4.78, 5) is 0.746. The molecule has 0 aliphatic carbocycles. The van der Waals surface area contributed by atoms with E-state index in [2.05, 4.69) is 15.3 Å². The summed E-state index contributed by atoms with van der Waals surface area (Å²) in [7, 11) is 1.62. The smallest absolute Gasteiger partial charge is 0.234 e. The molecule has 0 bridgehead atoms. The third-order valence-electron chi connectivity index (χ3n) is 2.75. The van der Waals surface area contributed by atoms with Crippen molar-refractivity contribution in [1.29, 1.82) is 0 Å². The van der Waals surface area contributed by atoms with Gasteiger partial charge in [-0.15, -0.1) is 10.2 Å². The van der Waals surface area contributed by atoms with Gasteiger partial charge in [0.05, 0.1) is 0 Å². The Bertz CT molecular complexity index is 695. The molecule has 0 N–H and O–H groups in total. The molecule has 0 aliphatic rings. The Morgan fingerprint density at radius 1 is 1.25 bits per heavy atom. The van der Waals surface area contributed by atoms with Crippen molar-refractivity contribution in [3.05, 3.63) is 41.2 Å². The lowest BCUT2D eigenvalue weighted by molar-refractivity contribution is 0.175. The number of rotatable bonds is 5. The second kappa shape index (κ2) is 5.56. The van der Waals surface area contributed by atoms with Crippen LogP contribution in [0.1, 0.15) is 23.9 Å². The Labute approximate surface area is 120 Å². The van der Waals surface area contributed by atoms with Crippen molar-refractivity contribution < 1.29 is 9.47 Å². The molecular weight excluding hydrogens is 276 g/mol. The maximum absolute atomic E-state index is 5.85. The second-order valence-electron chi connectivity index (χ2n) is 4.26. The van der Waals surface area contributed by atoms with Gasteiger partial charge in [0.2, 0.25) is 4.96 Å². The molecule has 104 valence electrons. The van der Waals surface area contributed by atoms with E-state index in [0.717, 1.165) is 15.7 Å². The molecule has 0 unspecified atom stereocenters. The van der Waals surface area contributed by atoms with Crippen LogP contribution in [0.3, 0.4) is 0 Å². The topological polar surface area (TPSA) is 61.5 Å². The second-order valence-corrected chi connectivity index (χ2v) is 5.24. The summed E-state index contributed by atoms with van der Waals surface area (Å²) >= 11 is 1.47. The van der Waals surface area contributed by atoms with Crippen molar-refractivity contribution in [3.63, 3.8) is 0 Å². The summed E-state index contributed by atoms with van der Waals surface area (Å²) in [6.45, 7) is 2.35. The fraction of sp³-hybridized carbons (Fsp3) is 0.308. The minimum Gasteiger partial charge on any atom is -0.483 e. The molecule has 6 nitrogen and oxygen atoms in total. The molecule has 0 spiro atoms. The van der Waals surface area contributed by atoms with Crippen molar-refractivity contribution in [2.45, 2.75) is 19.6 Å². The molecule has 7 heteroatoms. The number of ether oxygens (including phenoxy) is 2. The molecule has 0 saturated heterocycles. The van der Waals surface area contributed by atoms with Crippen molar-refractivity contribution in [1.82, 2.24) is 19.8 Å². The highest BCUT2D eigenvalue weighted by atomic mass is 32.1. The van der Waals surface area contributed by atoms with Crippen LogP contribution in [0, 0.1) is 0 Å². The monoisotopic (exact) mass is 290 g/mol. The van der Waals surface area contributed by atoms with Gasteiger partial charge in [-0.2, -0.15) is 9.61 Å². The van der Waals surface area contributed by atoms with Crippen LogP contribution in [0.4, 0.5) is 0 Å². The Hall–Kier alpha value is -1.99. The Morgan fingerprint density at radius 3 is 2.80 bits per heavy atom. The summed E-state index contributed by atoms with van der Waals surface area (Å²) in [6, 6.07) is 9.69. The number of aromatic nitrogens is 4. The van der Waals surface area contributed by atoms with E-state index in [1.54, 1.807) is 11.6 Å². The zero-order valence-electron chi connectivity index (χ0n) is 11.2. The Kier molecular flexibility index (Phi) is 3.62. The van der Waals surface area contributed by atoms with Crippen LogP contribution in [-0.2, 0) is 11.3 Å². The van der Waals surface area contributed by atoms with Crippen LogP contribution >= 0.6 is 11.3 Å². The highest BCUT2D eigenvalue weighted by Gasteiger charge is 2.17. The first-order valence-corrected chi connectivity index (χ1v) is 7.01. The van der Waals surface area contributed by atoms with Gasteiger partial charge in [-0.3, -0.25) is 0 Å². The van der Waals surface area contributed by atoms with Gasteiger partial charge in [0.25, 0.3) is 0 Å². The van der Waals surface area contributed by atoms with E-state index in [4.69, 9.17) is 9.47 Å². The lowest BCUT2D eigenvalue weighted by Crippen LogP contribution is -2.04. The molecule has 0 amide bonds. The number of para-hydroxylation sites is 1. The van der Waals surface area contributed by atoms with E-state index >= 15 is 0 Å². The molecule has 3 aromatic rings. The van der Waals surface area contributed by atoms with E-state index < -0.39 is 0 Å². The maximum Gasteiger partial charge on any atom is 0.234 e. The van der Waals surface area contributed by atoms with Gasteiger partial charge >= 0.3 is 0 Å². The molecule has 2 aromatic heterocycles. The van der Waals surface area contributed by atoms with E-state index in [-0.39, 0.29) is 6.10 Å². The average Bonchev–Trinajstić information content (AvgIpc) is 3.02. The summed E-state index contributed by atoms with van der Waals surface area (Å²) in [5, 5.41) is 13.5. The van der Waals surface area contributed by atoms with Crippen LogP contribution < -0.4 is 4.74 Å². The van der Waals surface area contributed by atoms with Gasteiger partial charge in [-0.05, 0) is 19.1 Å². The molecule has 0 radical (unpaired) electrons. The first-order chi connectivity index (χ1) is 9.78. The zero-order valence-corrected chi connectivity index (χ0v) is 12.0. The molecule has 1 aromatic carbocycles. The van der Waals surface area contributed by atoms with Crippen LogP contribution in [0.15, 0.2) is 30.3 Å². The van der Waals surface area contributed by atoms with Crippen LogP contribution in [0.2, 0.25) is 0 Å². The van der Waals surface area contributed by atoms with Crippen LogP contribution in [-0.4, -0.2) is 26.9 Å². The van der Waals surface area contributed by atoms with E-state index in [1.165, 1.54) is 11.3 Å². The van der Waals surface area contributed by atoms with E-state index in [1.807, 2.05) is 37.3 Å². The standard InChI is InChI=1S/C13H14N4O2S/c1-9(19-10-6-4-3-5-7-10)12-16-17-11(8-18-2)14-15-13(17)20-12/h3-7,9H,8H2,1-2H3/t9-/m0/s1. The summed E-state index contributed by atoms with van der Waals surface area (Å²) < 4.78 is 12.6. The molecule has 0 fully saturated rings. The van der Waals surface area contributed by atoms with Gasteiger partial charge in [-0.1, -0.05) is 29.5 Å². The largest absolute Gasteiger partial charge is 0.483 e. The minimum atomic E-state index is -0.139. The van der Waals surface area contributed by atoms with Gasteiger partial charge in [0.1, 0.15) is 18.5 Å². The highest BCUT2D eigenvalue weighted by molar-refractivity contribution is 7.16.